The lowest BCUT2D eigenvalue weighted by Crippen LogP contribution is -2.46. The zero-order chi connectivity index (χ0) is 12.4. The first-order chi connectivity index (χ1) is 7.24. The third kappa shape index (κ3) is 2.86. The number of hydrogen-bond donors (Lipinski definition) is 1. The minimum Gasteiger partial charge on any atom is -0.485 e. The van der Waals surface area contributed by atoms with Gasteiger partial charge in [0, 0.05) is 5.56 Å². The van der Waals surface area contributed by atoms with Gasteiger partial charge in [-0.05, 0) is 27.7 Å². The molecule has 0 aliphatic carbocycles. The molecular formula is C14H20O2. The molecule has 1 N–H and O–H groups in total. The van der Waals surface area contributed by atoms with Crippen molar-refractivity contribution in [2.45, 2.75) is 38.9 Å². The van der Waals surface area contributed by atoms with Gasteiger partial charge in [0.15, 0.2) is 0 Å². The van der Waals surface area contributed by atoms with E-state index in [1.807, 2.05) is 44.2 Å². The molecule has 2 heteroatoms. The van der Waals surface area contributed by atoms with Crippen LogP contribution in [0, 0.1) is 0 Å². The molecule has 1 rings (SSSR count). The first-order valence-electron chi connectivity index (χ1n) is 5.40. The zero-order valence-electron chi connectivity index (χ0n) is 10.4. The SMILES string of the molecule is C=C(OC(C)(C)C(C)(C)O)c1ccccc1. The van der Waals surface area contributed by atoms with E-state index in [1.54, 1.807) is 13.8 Å². The predicted octanol–water partition coefficient (Wildman–Crippen LogP) is 3.22. The van der Waals surface area contributed by atoms with Crippen molar-refractivity contribution in [2.75, 3.05) is 0 Å². The van der Waals surface area contributed by atoms with Gasteiger partial charge in [-0.3, -0.25) is 0 Å². The molecule has 0 unspecified atom stereocenters. The molecule has 1 aromatic carbocycles. The quantitative estimate of drug-likeness (QED) is 0.789. The number of aliphatic hydroxyl groups is 1. The van der Waals surface area contributed by atoms with E-state index in [9.17, 15) is 5.11 Å². The van der Waals surface area contributed by atoms with Crippen LogP contribution < -0.4 is 0 Å². The van der Waals surface area contributed by atoms with Crippen molar-refractivity contribution in [3.8, 4) is 0 Å². The van der Waals surface area contributed by atoms with E-state index in [0.29, 0.717) is 5.76 Å². The summed E-state index contributed by atoms with van der Waals surface area (Å²) in [5.74, 6) is 0.577. The summed E-state index contributed by atoms with van der Waals surface area (Å²) in [5.41, 5.74) is -0.676. The fourth-order valence-corrected chi connectivity index (χ4v) is 1.12. The number of rotatable bonds is 4. The summed E-state index contributed by atoms with van der Waals surface area (Å²) in [6, 6.07) is 9.67. The van der Waals surface area contributed by atoms with E-state index < -0.39 is 11.2 Å². The molecule has 0 fully saturated rings. The molecule has 0 atom stereocenters. The van der Waals surface area contributed by atoms with Crippen molar-refractivity contribution < 1.29 is 9.84 Å². The average Bonchev–Trinajstić information content (AvgIpc) is 2.16. The summed E-state index contributed by atoms with van der Waals surface area (Å²) in [7, 11) is 0. The van der Waals surface area contributed by atoms with Gasteiger partial charge in [-0.15, -0.1) is 0 Å². The Morgan fingerprint density at radius 3 is 2.06 bits per heavy atom. The highest BCUT2D eigenvalue weighted by Gasteiger charge is 2.37. The molecular weight excluding hydrogens is 200 g/mol. The fraction of sp³-hybridized carbons (Fsp3) is 0.429. The number of benzene rings is 1. The molecule has 16 heavy (non-hydrogen) atoms. The van der Waals surface area contributed by atoms with E-state index in [2.05, 4.69) is 6.58 Å². The van der Waals surface area contributed by atoms with Crippen LogP contribution in [0.15, 0.2) is 36.9 Å². The highest BCUT2D eigenvalue weighted by Crippen LogP contribution is 2.30. The molecule has 2 nitrogen and oxygen atoms in total. The lowest BCUT2D eigenvalue weighted by molar-refractivity contribution is -0.105. The Kier molecular flexibility index (Phi) is 3.44. The topological polar surface area (TPSA) is 29.5 Å². The molecule has 88 valence electrons. The van der Waals surface area contributed by atoms with Gasteiger partial charge in [-0.1, -0.05) is 36.9 Å². The predicted molar refractivity (Wildman–Crippen MR) is 66.9 cm³/mol. The van der Waals surface area contributed by atoms with E-state index in [1.165, 1.54) is 0 Å². The summed E-state index contributed by atoms with van der Waals surface area (Å²) < 4.78 is 5.74. The first kappa shape index (κ1) is 12.8. The van der Waals surface area contributed by atoms with Gasteiger partial charge in [-0.2, -0.15) is 0 Å². The van der Waals surface area contributed by atoms with Crippen LogP contribution in [0.1, 0.15) is 33.3 Å². The first-order valence-corrected chi connectivity index (χ1v) is 5.40. The fourth-order valence-electron chi connectivity index (χ4n) is 1.12. The Labute approximate surface area is 97.6 Å². The van der Waals surface area contributed by atoms with Crippen molar-refractivity contribution in [2.24, 2.45) is 0 Å². The summed E-state index contributed by atoms with van der Waals surface area (Å²) in [6.45, 7) is 11.0. The third-order valence-corrected chi connectivity index (χ3v) is 2.95. The highest BCUT2D eigenvalue weighted by atomic mass is 16.5. The van der Waals surface area contributed by atoms with Gasteiger partial charge in [-0.25, -0.2) is 0 Å². The Morgan fingerprint density at radius 2 is 1.62 bits per heavy atom. The van der Waals surface area contributed by atoms with E-state index in [-0.39, 0.29) is 0 Å². The minimum absolute atomic E-state index is 0.577. The smallest absolute Gasteiger partial charge is 0.131 e. The lowest BCUT2D eigenvalue weighted by atomic mass is 9.89. The van der Waals surface area contributed by atoms with Crippen molar-refractivity contribution in [1.82, 2.24) is 0 Å². The van der Waals surface area contributed by atoms with Crippen LogP contribution in [0.2, 0.25) is 0 Å². The van der Waals surface area contributed by atoms with Gasteiger partial charge in [0.1, 0.15) is 11.4 Å². The van der Waals surface area contributed by atoms with Gasteiger partial charge in [0.05, 0.1) is 5.60 Å². The Morgan fingerprint density at radius 1 is 1.12 bits per heavy atom. The maximum Gasteiger partial charge on any atom is 0.131 e. The zero-order valence-corrected chi connectivity index (χ0v) is 10.4. The summed E-state index contributed by atoms with van der Waals surface area (Å²) in [5, 5.41) is 9.98. The van der Waals surface area contributed by atoms with Crippen LogP contribution in [-0.4, -0.2) is 16.3 Å². The minimum atomic E-state index is -0.926. The molecule has 0 saturated carbocycles. The third-order valence-electron chi connectivity index (χ3n) is 2.95. The van der Waals surface area contributed by atoms with Crippen LogP contribution in [0.3, 0.4) is 0 Å². The van der Waals surface area contributed by atoms with Gasteiger partial charge >= 0.3 is 0 Å². The average molecular weight is 220 g/mol. The van der Waals surface area contributed by atoms with E-state index >= 15 is 0 Å². The molecule has 0 spiro atoms. The second-order valence-corrected chi connectivity index (χ2v) is 4.96. The second-order valence-electron chi connectivity index (χ2n) is 4.96. The van der Waals surface area contributed by atoms with Crippen LogP contribution >= 0.6 is 0 Å². The van der Waals surface area contributed by atoms with Crippen LogP contribution in [0.5, 0.6) is 0 Å². The molecule has 0 amide bonds. The summed E-state index contributed by atoms with van der Waals surface area (Å²) in [6.07, 6.45) is 0. The van der Waals surface area contributed by atoms with Crippen LogP contribution in [0.4, 0.5) is 0 Å². The van der Waals surface area contributed by atoms with Crippen LogP contribution in [-0.2, 0) is 4.74 Å². The van der Waals surface area contributed by atoms with Crippen molar-refractivity contribution in [3.63, 3.8) is 0 Å². The lowest BCUT2D eigenvalue weighted by Gasteiger charge is -2.38. The van der Waals surface area contributed by atoms with Crippen LogP contribution in [0.25, 0.3) is 5.76 Å². The Hall–Kier alpha value is -1.28. The Bertz CT molecular complexity index is 358. The summed E-state index contributed by atoms with van der Waals surface area (Å²) in [4.78, 5) is 0. The number of hydrogen-bond acceptors (Lipinski definition) is 2. The molecule has 0 bridgehead atoms. The highest BCUT2D eigenvalue weighted by molar-refractivity contribution is 5.57. The van der Waals surface area contributed by atoms with Gasteiger partial charge < -0.3 is 9.84 Å². The maximum absolute atomic E-state index is 9.98. The largest absolute Gasteiger partial charge is 0.485 e. The normalized spacial score (nSPS) is 12.3. The molecule has 0 heterocycles. The summed E-state index contributed by atoms with van der Waals surface area (Å²) >= 11 is 0. The van der Waals surface area contributed by atoms with Crippen molar-refractivity contribution in [1.29, 1.82) is 0 Å². The molecule has 1 aromatic rings. The van der Waals surface area contributed by atoms with E-state index in [0.717, 1.165) is 5.56 Å². The van der Waals surface area contributed by atoms with Gasteiger partial charge in [0.25, 0.3) is 0 Å². The molecule has 0 aromatic heterocycles. The molecule has 0 radical (unpaired) electrons. The second kappa shape index (κ2) is 4.30. The Balaban J connectivity index is 2.80. The standard InChI is InChI=1S/C14H20O2/c1-11(12-9-7-6-8-10-12)16-14(4,5)13(2,3)15/h6-10,15H,1H2,2-5H3. The molecule has 0 aliphatic rings. The maximum atomic E-state index is 9.98. The van der Waals surface area contributed by atoms with E-state index in [4.69, 9.17) is 4.74 Å². The van der Waals surface area contributed by atoms with Crippen molar-refractivity contribution >= 4 is 5.76 Å². The molecule has 0 saturated heterocycles. The van der Waals surface area contributed by atoms with Gasteiger partial charge in [0.2, 0.25) is 0 Å². The monoisotopic (exact) mass is 220 g/mol. The van der Waals surface area contributed by atoms with Crippen molar-refractivity contribution in [3.05, 3.63) is 42.5 Å². The number of ether oxygens (including phenoxy) is 1. The molecule has 0 aliphatic heterocycles.